The molecule has 0 bridgehead atoms. The van der Waals surface area contributed by atoms with Crippen LogP contribution in [0, 0.1) is 6.92 Å². The summed E-state index contributed by atoms with van der Waals surface area (Å²) in [4.78, 5) is 17.5. The second-order valence-electron chi connectivity index (χ2n) is 8.51. The maximum absolute atomic E-state index is 13.4. The minimum Gasteiger partial charge on any atom is -0.490 e. The summed E-state index contributed by atoms with van der Waals surface area (Å²) in [6.07, 6.45) is 0. The monoisotopic (exact) mass is 494 g/mol. The van der Waals surface area contributed by atoms with Crippen molar-refractivity contribution in [2.45, 2.75) is 34.2 Å². The van der Waals surface area contributed by atoms with Crippen LogP contribution in [0.5, 0.6) is 17.2 Å². The van der Waals surface area contributed by atoms with E-state index < -0.39 is 0 Å². The summed E-state index contributed by atoms with van der Waals surface area (Å²) in [5, 5.41) is 12.3. The van der Waals surface area contributed by atoms with Crippen LogP contribution in [-0.2, 0) is 6.54 Å². The number of piperazine rings is 1. The molecule has 10 heteroatoms. The number of rotatable bonds is 10. The topological polar surface area (TPSA) is 94.8 Å². The Hall–Kier alpha value is -3.66. The van der Waals surface area contributed by atoms with Gasteiger partial charge in [-0.2, -0.15) is 4.68 Å². The average Bonchev–Trinajstić information content (AvgIpc) is 3.34. The molecule has 0 atom stereocenters. The number of carbonyl (C=O) groups excluding carboxylic acids is 1. The average molecular weight is 495 g/mol. The molecule has 0 N–H and O–H groups in total. The lowest BCUT2D eigenvalue weighted by molar-refractivity contribution is 0.0623. The van der Waals surface area contributed by atoms with Gasteiger partial charge in [-0.3, -0.25) is 9.69 Å². The van der Waals surface area contributed by atoms with E-state index >= 15 is 0 Å². The first-order chi connectivity index (χ1) is 17.5. The van der Waals surface area contributed by atoms with Crippen molar-refractivity contribution in [1.29, 1.82) is 0 Å². The first-order valence-corrected chi connectivity index (χ1v) is 12.5. The van der Waals surface area contributed by atoms with Gasteiger partial charge in [0, 0.05) is 31.7 Å². The molecule has 0 saturated carbocycles. The lowest BCUT2D eigenvalue weighted by Gasteiger charge is -2.34. The van der Waals surface area contributed by atoms with E-state index in [0.29, 0.717) is 62.3 Å². The van der Waals surface area contributed by atoms with Gasteiger partial charge in [0.1, 0.15) is 0 Å². The van der Waals surface area contributed by atoms with Gasteiger partial charge in [0.15, 0.2) is 17.3 Å². The molecule has 1 fully saturated rings. The van der Waals surface area contributed by atoms with Crippen molar-refractivity contribution in [3.8, 4) is 22.9 Å². The van der Waals surface area contributed by atoms with Crippen molar-refractivity contribution in [3.63, 3.8) is 0 Å². The number of nitrogens with zero attached hydrogens (tertiary/aromatic N) is 6. The predicted octanol–water partition coefficient (Wildman–Crippen LogP) is 3.12. The third-order valence-electron chi connectivity index (χ3n) is 5.99. The Morgan fingerprint density at radius 2 is 1.50 bits per heavy atom. The summed E-state index contributed by atoms with van der Waals surface area (Å²) in [6.45, 7) is 12.4. The molecule has 10 nitrogen and oxygen atoms in total. The lowest BCUT2D eigenvalue weighted by atomic mass is 10.1. The van der Waals surface area contributed by atoms with Gasteiger partial charge in [-0.05, 0) is 62.4 Å². The highest BCUT2D eigenvalue weighted by Gasteiger charge is 2.26. The Bertz CT molecular complexity index is 1130. The van der Waals surface area contributed by atoms with E-state index in [1.165, 1.54) is 5.56 Å². The highest BCUT2D eigenvalue weighted by Crippen LogP contribution is 2.39. The number of aryl methyl sites for hydroxylation is 1. The minimum absolute atomic E-state index is 0.0518. The van der Waals surface area contributed by atoms with Crippen LogP contribution in [0.2, 0.25) is 0 Å². The molecule has 4 rings (SSSR count). The number of hydrogen-bond donors (Lipinski definition) is 0. The van der Waals surface area contributed by atoms with Gasteiger partial charge in [-0.15, -0.1) is 5.10 Å². The van der Waals surface area contributed by atoms with Crippen LogP contribution >= 0.6 is 0 Å². The van der Waals surface area contributed by atoms with Gasteiger partial charge in [0.2, 0.25) is 5.75 Å². The highest BCUT2D eigenvalue weighted by atomic mass is 16.5. The van der Waals surface area contributed by atoms with Crippen molar-refractivity contribution < 1.29 is 19.0 Å². The summed E-state index contributed by atoms with van der Waals surface area (Å²) >= 11 is 0. The Balaban J connectivity index is 1.43. The van der Waals surface area contributed by atoms with E-state index in [1.54, 1.807) is 16.8 Å². The van der Waals surface area contributed by atoms with Crippen molar-refractivity contribution in [2.24, 2.45) is 0 Å². The van der Waals surface area contributed by atoms with Crippen LogP contribution in [0.1, 0.15) is 42.5 Å². The standard InChI is InChI=1S/C26H34N6O4/c1-5-34-22-16-20(17-23(35-6-2)25(22)36-7-3)26(33)31-14-12-30(13-15-31)18-24-27-28-29-32(24)21-10-8-19(4)9-11-21/h8-11,16-17H,5-7,12-15,18H2,1-4H3. The quantitative estimate of drug-likeness (QED) is 0.424. The Kier molecular flexibility index (Phi) is 8.37. The van der Waals surface area contributed by atoms with Crippen LogP contribution in [-0.4, -0.2) is 81.9 Å². The molecule has 1 aliphatic heterocycles. The first kappa shape index (κ1) is 25.4. The second kappa shape index (κ2) is 11.9. The van der Waals surface area contributed by atoms with Crippen molar-refractivity contribution in [3.05, 3.63) is 53.3 Å². The number of carbonyl (C=O) groups is 1. The molecule has 1 aromatic heterocycles. The molecule has 0 unspecified atom stereocenters. The maximum Gasteiger partial charge on any atom is 0.254 e. The number of benzene rings is 2. The Labute approximate surface area is 211 Å². The van der Waals surface area contributed by atoms with Crippen molar-refractivity contribution in [2.75, 3.05) is 46.0 Å². The number of hydrogen-bond acceptors (Lipinski definition) is 8. The van der Waals surface area contributed by atoms with Crippen LogP contribution in [0.25, 0.3) is 5.69 Å². The fourth-order valence-corrected chi connectivity index (χ4v) is 4.19. The number of amides is 1. The molecule has 0 aliphatic carbocycles. The zero-order valence-corrected chi connectivity index (χ0v) is 21.4. The van der Waals surface area contributed by atoms with E-state index in [-0.39, 0.29) is 5.91 Å². The van der Waals surface area contributed by atoms with E-state index in [4.69, 9.17) is 14.2 Å². The second-order valence-corrected chi connectivity index (χ2v) is 8.51. The molecule has 1 saturated heterocycles. The molecular weight excluding hydrogens is 460 g/mol. The molecule has 36 heavy (non-hydrogen) atoms. The summed E-state index contributed by atoms with van der Waals surface area (Å²) < 4.78 is 19.1. The van der Waals surface area contributed by atoms with Gasteiger partial charge in [-0.1, -0.05) is 17.7 Å². The Morgan fingerprint density at radius 3 is 2.08 bits per heavy atom. The van der Waals surface area contributed by atoms with Crippen molar-refractivity contribution >= 4 is 5.91 Å². The fourth-order valence-electron chi connectivity index (χ4n) is 4.19. The van der Waals surface area contributed by atoms with Gasteiger partial charge < -0.3 is 19.1 Å². The highest BCUT2D eigenvalue weighted by molar-refractivity contribution is 5.95. The van der Waals surface area contributed by atoms with Crippen LogP contribution in [0.15, 0.2) is 36.4 Å². The van der Waals surface area contributed by atoms with E-state index in [2.05, 4.69) is 20.4 Å². The van der Waals surface area contributed by atoms with Crippen LogP contribution in [0.3, 0.4) is 0 Å². The molecule has 2 heterocycles. The van der Waals surface area contributed by atoms with Gasteiger partial charge in [0.25, 0.3) is 5.91 Å². The summed E-state index contributed by atoms with van der Waals surface area (Å²) in [7, 11) is 0. The smallest absolute Gasteiger partial charge is 0.254 e. The molecule has 2 aromatic carbocycles. The van der Waals surface area contributed by atoms with Crippen molar-refractivity contribution in [1.82, 2.24) is 30.0 Å². The SMILES string of the molecule is CCOc1cc(C(=O)N2CCN(Cc3nnnn3-c3ccc(C)cc3)CC2)cc(OCC)c1OCC. The number of ether oxygens (including phenoxy) is 3. The van der Waals surface area contributed by atoms with E-state index in [9.17, 15) is 4.79 Å². The maximum atomic E-state index is 13.4. The van der Waals surface area contributed by atoms with E-state index in [0.717, 1.165) is 24.6 Å². The third-order valence-corrected chi connectivity index (χ3v) is 5.99. The molecule has 1 aliphatic rings. The molecule has 192 valence electrons. The number of aromatic nitrogens is 4. The van der Waals surface area contributed by atoms with Gasteiger partial charge >= 0.3 is 0 Å². The largest absolute Gasteiger partial charge is 0.490 e. The van der Waals surface area contributed by atoms with Gasteiger partial charge in [-0.25, -0.2) is 0 Å². The normalized spacial score (nSPS) is 14.1. The minimum atomic E-state index is -0.0518. The van der Waals surface area contributed by atoms with E-state index in [1.807, 2.05) is 56.9 Å². The first-order valence-electron chi connectivity index (χ1n) is 12.5. The number of tetrazole rings is 1. The summed E-state index contributed by atoms with van der Waals surface area (Å²) in [5.41, 5.74) is 2.64. The summed E-state index contributed by atoms with van der Waals surface area (Å²) in [6, 6.07) is 11.6. The molecule has 1 amide bonds. The zero-order chi connectivity index (χ0) is 25.5. The van der Waals surface area contributed by atoms with Crippen LogP contribution < -0.4 is 14.2 Å². The fraction of sp³-hybridized carbons (Fsp3) is 0.462. The molecule has 3 aromatic rings. The lowest BCUT2D eigenvalue weighted by Crippen LogP contribution is -2.48. The zero-order valence-electron chi connectivity index (χ0n) is 21.4. The molecule has 0 spiro atoms. The predicted molar refractivity (Wildman–Crippen MR) is 135 cm³/mol. The van der Waals surface area contributed by atoms with Gasteiger partial charge in [0.05, 0.1) is 32.1 Å². The van der Waals surface area contributed by atoms with Crippen LogP contribution in [0.4, 0.5) is 0 Å². The third kappa shape index (κ3) is 5.76. The molecule has 0 radical (unpaired) electrons. The molecular formula is C26H34N6O4. The summed E-state index contributed by atoms with van der Waals surface area (Å²) in [5.74, 6) is 2.30. The Morgan fingerprint density at radius 1 is 0.889 bits per heavy atom.